The molecule has 0 aliphatic carbocycles. The Morgan fingerprint density at radius 1 is 0.914 bits per heavy atom. The van der Waals surface area contributed by atoms with E-state index in [9.17, 15) is 30.4 Å². The Hall–Kier alpha value is -2.98. The fourth-order valence-electron chi connectivity index (χ4n) is 3.81. The van der Waals surface area contributed by atoms with Crippen molar-refractivity contribution in [1.29, 1.82) is 0 Å². The molecule has 1 aliphatic rings. The summed E-state index contributed by atoms with van der Waals surface area (Å²) in [4.78, 5) is 0.0920. The van der Waals surface area contributed by atoms with Gasteiger partial charge in [-0.15, -0.1) is 0 Å². The summed E-state index contributed by atoms with van der Waals surface area (Å²) in [5.41, 5.74) is 0.363. The number of hydrogen-bond acceptors (Lipinski definition) is 4. The van der Waals surface area contributed by atoms with Crippen LogP contribution in [0.15, 0.2) is 82.8 Å². The standard InChI is InChI=1S/C24H18ClF5N2O2S/c1-35(33,34)18-9-5-7-16(13-18)15-6-4-8-17(12-15)21-14-22(23(26,27)24(28,29)30)31-32(21)20-11-3-2-10-19(20)25/h2-13,21H,14H2,1H3. The van der Waals surface area contributed by atoms with Crippen LogP contribution < -0.4 is 5.01 Å². The molecular weight excluding hydrogens is 511 g/mol. The first kappa shape index (κ1) is 25.1. The molecule has 35 heavy (non-hydrogen) atoms. The molecule has 0 fully saturated rings. The minimum Gasteiger partial charge on any atom is -0.256 e. The third kappa shape index (κ3) is 4.90. The number of sulfone groups is 1. The molecule has 1 atom stereocenters. The van der Waals surface area contributed by atoms with Gasteiger partial charge < -0.3 is 0 Å². The average Bonchev–Trinajstić information content (AvgIpc) is 3.24. The number of rotatable bonds is 5. The second-order valence-electron chi connectivity index (χ2n) is 8.06. The van der Waals surface area contributed by atoms with E-state index in [1.807, 2.05) is 0 Å². The Balaban J connectivity index is 1.79. The van der Waals surface area contributed by atoms with Gasteiger partial charge in [0.15, 0.2) is 9.84 Å². The monoisotopic (exact) mass is 528 g/mol. The lowest BCUT2D eigenvalue weighted by molar-refractivity contribution is -0.249. The van der Waals surface area contributed by atoms with Crippen molar-refractivity contribution in [2.24, 2.45) is 5.10 Å². The highest BCUT2D eigenvalue weighted by Gasteiger charge is 2.62. The largest absolute Gasteiger partial charge is 0.459 e. The Kier molecular flexibility index (Phi) is 6.39. The van der Waals surface area contributed by atoms with Gasteiger partial charge in [-0.05, 0) is 47.0 Å². The highest BCUT2D eigenvalue weighted by Crippen LogP contribution is 2.46. The predicted molar refractivity (Wildman–Crippen MR) is 125 cm³/mol. The van der Waals surface area contributed by atoms with E-state index in [0.29, 0.717) is 16.7 Å². The van der Waals surface area contributed by atoms with Gasteiger partial charge in [-0.2, -0.15) is 27.1 Å². The van der Waals surface area contributed by atoms with Crippen LogP contribution in [0.3, 0.4) is 0 Å². The van der Waals surface area contributed by atoms with Crippen molar-refractivity contribution in [1.82, 2.24) is 0 Å². The van der Waals surface area contributed by atoms with Crippen LogP contribution in [0.5, 0.6) is 0 Å². The molecule has 3 aromatic rings. The summed E-state index contributed by atoms with van der Waals surface area (Å²) in [6, 6.07) is 17.8. The van der Waals surface area contributed by atoms with Gasteiger partial charge in [0.2, 0.25) is 0 Å². The van der Waals surface area contributed by atoms with Crippen LogP contribution in [0.25, 0.3) is 11.1 Å². The van der Waals surface area contributed by atoms with Crippen LogP contribution in [0.1, 0.15) is 18.0 Å². The van der Waals surface area contributed by atoms with Crippen molar-refractivity contribution in [3.05, 3.63) is 83.4 Å². The topological polar surface area (TPSA) is 49.7 Å². The molecule has 0 bridgehead atoms. The summed E-state index contributed by atoms with van der Waals surface area (Å²) in [5, 5.41) is 4.89. The van der Waals surface area contributed by atoms with Gasteiger partial charge in [-0.25, -0.2) is 8.42 Å². The summed E-state index contributed by atoms with van der Waals surface area (Å²) in [6.07, 6.45) is -5.42. The molecule has 4 rings (SSSR count). The van der Waals surface area contributed by atoms with Gasteiger partial charge in [-0.3, -0.25) is 5.01 Å². The average molecular weight is 529 g/mol. The molecule has 1 unspecified atom stereocenters. The van der Waals surface area contributed by atoms with Crippen molar-refractivity contribution in [3.8, 4) is 11.1 Å². The number of hydrazone groups is 1. The second-order valence-corrected chi connectivity index (χ2v) is 10.5. The van der Waals surface area contributed by atoms with E-state index in [2.05, 4.69) is 5.10 Å². The van der Waals surface area contributed by atoms with Crippen molar-refractivity contribution in [2.75, 3.05) is 11.3 Å². The quantitative estimate of drug-likeness (QED) is 0.338. The molecule has 1 heterocycles. The summed E-state index contributed by atoms with van der Waals surface area (Å²) < 4.78 is 91.7. The first-order chi connectivity index (χ1) is 16.3. The zero-order valence-corrected chi connectivity index (χ0v) is 19.7. The van der Waals surface area contributed by atoms with Crippen molar-refractivity contribution in [3.63, 3.8) is 0 Å². The molecule has 0 saturated carbocycles. The number of para-hydroxylation sites is 1. The van der Waals surface area contributed by atoms with E-state index in [-0.39, 0.29) is 15.6 Å². The van der Waals surface area contributed by atoms with Gasteiger partial charge in [0.1, 0.15) is 5.71 Å². The van der Waals surface area contributed by atoms with E-state index in [4.69, 9.17) is 11.6 Å². The molecule has 0 saturated heterocycles. The summed E-state index contributed by atoms with van der Waals surface area (Å²) in [7, 11) is -3.48. The SMILES string of the molecule is CS(=O)(=O)c1cccc(-c2cccc(C3CC(C(F)(F)C(F)(F)F)=NN3c3ccccc3Cl)c2)c1. The molecule has 184 valence electrons. The number of hydrogen-bond donors (Lipinski definition) is 0. The molecule has 0 amide bonds. The Morgan fingerprint density at radius 3 is 2.17 bits per heavy atom. The molecule has 0 spiro atoms. The van der Waals surface area contributed by atoms with Crippen molar-refractivity contribution in [2.45, 2.75) is 29.5 Å². The Morgan fingerprint density at radius 2 is 1.54 bits per heavy atom. The van der Waals surface area contributed by atoms with Crippen molar-refractivity contribution < 1.29 is 30.4 Å². The number of nitrogens with zero attached hydrogens (tertiary/aromatic N) is 2. The van der Waals surface area contributed by atoms with Gasteiger partial charge in [0, 0.05) is 12.7 Å². The first-order valence-corrected chi connectivity index (χ1v) is 12.5. The Labute approximate surface area is 203 Å². The zero-order chi connectivity index (χ0) is 25.6. The smallest absolute Gasteiger partial charge is 0.256 e. The molecule has 11 heteroatoms. The molecule has 4 nitrogen and oxygen atoms in total. The van der Waals surface area contributed by atoms with E-state index in [1.54, 1.807) is 48.5 Å². The minimum atomic E-state index is -5.80. The third-order valence-corrected chi connectivity index (χ3v) is 7.02. The predicted octanol–water partition coefficient (Wildman–Crippen LogP) is 6.92. The van der Waals surface area contributed by atoms with Gasteiger partial charge in [0.05, 0.1) is 21.6 Å². The lowest BCUT2D eigenvalue weighted by atomic mass is 9.95. The van der Waals surface area contributed by atoms with E-state index in [1.165, 1.54) is 24.3 Å². The fraction of sp³-hybridized carbons (Fsp3) is 0.208. The molecule has 0 aromatic heterocycles. The van der Waals surface area contributed by atoms with Crippen LogP contribution in [0.2, 0.25) is 5.02 Å². The number of benzene rings is 3. The number of anilines is 1. The van der Waals surface area contributed by atoms with Gasteiger partial charge in [0.25, 0.3) is 0 Å². The van der Waals surface area contributed by atoms with E-state index < -0.39 is 40.1 Å². The maximum absolute atomic E-state index is 14.2. The summed E-state index contributed by atoms with van der Waals surface area (Å²) in [6.45, 7) is 0. The highest BCUT2D eigenvalue weighted by atomic mass is 35.5. The maximum Gasteiger partial charge on any atom is 0.459 e. The normalized spacial score (nSPS) is 16.9. The van der Waals surface area contributed by atoms with Gasteiger partial charge >= 0.3 is 12.1 Å². The second kappa shape index (κ2) is 8.91. The lowest BCUT2D eigenvalue weighted by Crippen LogP contribution is -2.43. The van der Waals surface area contributed by atoms with E-state index in [0.717, 1.165) is 11.3 Å². The van der Waals surface area contributed by atoms with E-state index >= 15 is 0 Å². The molecule has 0 N–H and O–H groups in total. The van der Waals surface area contributed by atoms with Crippen molar-refractivity contribution >= 4 is 32.8 Å². The summed E-state index contributed by atoms with van der Waals surface area (Å²) in [5.74, 6) is -5.12. The van der Waals surface area contributed by atoms with Gasteiger partial charge in [-0.1, -0.05) is 54.1 Å². The molecule has 3 aromatic carbocycles. The molecule has 0 radical (unpaired) electrons. The lowest BCUT2D eigenvalue weighted by Gasteiger charge is -2.25. The highest BCUT2D eigenvalue weighted by molar-refractivity contribution is 7.90. The first-order valence-electron chi connectivity index (χ1n) is 10.3. The van der Waals surface area contributed by atoms with Crippen LogP contribution in [-0.4, -0.2) is 32.5 Å². The van der Waals surface area contributed by atoms with Crippen LogP contribution in [0, 0.1) is 0 Å². The summed E-state index contributed by atoms with van der Waals surface area (Å²) >= 11 is 6.22. The maximum atomic E-state index is 14.2. The van der Waals surface area contributed by atoms with Crippen LogP contribution in [0.4, 0.5) is 27.6 Å². The van der Waals surface area contributed by atoms with Crippen LogP contribution in [-0.2, 0) is 9.84 Å². The number of alkyl halides is 5. The third-order valence-electron chi connectivity index (χ3n) is 5.60. The number of halogens is 6. The molecular formula is C24H18ClF5N2O2S. The van der Waals surface area contributed by atoms with Crippen LogP contribution >= 0.6 is 11.6 Å². The minimum absolute atomic E-state index is 0.0920. The fourth-order valence-corrected chi connectivity index (χ4v) is 4.70. The Bertz CT molecular complexity index is 1410. The molecule has 1 aliphatic heterocycles. The zero-order valence-electron chi connectivity index (χ0n) is 18.1.